The molecule has 0 bridgehead atoms. The monoisotopic (exact) mass is 236 g/mol. The van der Waals surface area contributed by atoms with Gasteiger partial charge in [-0.1, -0.05) is 13.3 Å². The molecule has 0 spiro atoms. The van der Waals surface area contributed by atoms with Crippen molar-refractivity contribution in [2.45, 2.75) is 51.0 Å². The smallest absolute Gasteiger partial charge is 0.0864 e. The Kier molecular flexibility index (Phi) is 3.47. The Labute approximate surface area is 104 Å². The Morgan fingerprint density at radius 3 is 2.47 bits per heavy atom. The lowest BCUT2D eigenvalue weighted by atomic mass is 9.66. The fourth-order valence-corrected chi connectivity index (χ4v) is 3.59. The first-order valence-corrected chi connectivity index (χ1v) is 6.87. The molecule has 1 aliphatic heterocycles. The fourth-order valence-electron chi connectivity index (χ4n) is 3.59. The molecule has 1 saturated heterocycles. The third-order valence-corrected chi connectivity index (χ3v) is 5.11. The van der Waals surface area contributed by atoms with Gasteiger partial charge in [0.2, 0.25) is 0 Å². The molecule has 3 nitrogen and oxygen atoms in total. The van der Waals surface area contributed by atoms with E-state index in [0.29, 0.717) is 5.92 Å². The molecule has 0 amide bonds. The summed E-state index contributed by atoms with van der Waals surface area (Å²) in [5, 5.41) is 20.5. The molecule has 2 unspecified atom stereocenters. The average Bonchev–Trinajstić information content (AvgIpc) is 2.78. The van der Waals surface area contributed by atoms with E-state index in [1.165, 1.54) is 0 Å². The summed E-state index contributed by atoms with van der Waals surface area (Å²) in [6, 6.07) is 2.50. The van der Waals surface area contributed by atoms with Crippen molar-refractivity contribution in [3.05, 3.63) is 0 Å². The topological polar surface area (TPSA) is 47.3 Å². The Morgan fingerprint density at radius 2 is 2.00 bits per heavy atom. The number of hydrogen-bond acceptors (Lipinski definition) is 3. The van der Waals surface area contributed by atoms with Crippen LogP contribution in [0.3, 0.4) is 0 Å². The van der Waals surface area contributed by atoms with Crippen LogP contribution in [0.2, 0.25) is 0 Å². The van der Waals surface area contributed by atoms with Crippen molar-refractivity contribution in [2.24, 2.45) is 11.3 Å². The molecule has 2 aliphatic rings. The summed E-state index contributed by atoms with van der Waals surface area (Å²) in [5.41, 5.74) is -1.20. The molecule has 96 valence electrons. The number of rotatable bonds is 2. The van der Waals surface area contributed by atoms with Gasteiger partial charge in [-0.25, -0.2) is 0 Å². The first-order chi connectivity index (χ1) is 8.05. The summed E-state index contributed by atoms with van der Waals surface area (Å²) in [5.74, 6) is 0.637. The molecule has 0 aromatic rings. The minimum Gasteiger partial charge on any atom is -0.388 e. The van der Waals surface area contributed by atoms with E-state index in [0.717, 1.165) is 51.6 Å². The van der Waals surface area contributed by atoms with Gasteiger partial charge in [-0.3, -0.25) is 0 Å². The number of hydrogen-bond donors (Lipinski definition) is 1. The van der Waals surface area contributed by atoms with Gasteiger partial charge in [0, 0.05) is 13.1 Å². The second-order valence-electron chi connectivity index (χ2n) is 6.05. The zero-order chi connectivity index (χ0) is 12.5. The molecule has 2 fully saturated rings. The Morgan fingerprint density at radius 1 is 1.35 bits per heavy atom. The van der Waals surface area contributed by atoms with E-state index in [4.69, 9.17) is 0 Å². The van der Waals surface area contributed by atoms with Crippen LogP contribution in [0.1, 0.15) is 45.4 Å². The van der Waals surface area contributed by atoms with Gasteiger partial charge in [-0.2, -0.15) is 5.26 Å². The molecule has 1 heterocycles. The Bertz CT molecular complexity index is 315. The highest BCUT2D eigenvalue weighted by atomic mass is 16.3. The average molecular weight is 236 g/mol. The molecule has 2 atom stereocenters. The van der Waals surface area contributed by atoms with Crippen LogP contribution >= 0.6 is 0 Å². The molecule has 0 aromatic carbocycles. The van der Waals surface area contributed by atoms with Gasteiger partial charge < -0.3 is 10.0 Å². The van der Waals surface area contributed by atoms with Crippen LogP contribution in [0, 0.1) is 22.7 Å². The van der Waals surface area contributed by atoms with Crippen LogP contribution in [0.25, 0.3) is 0 Å². The second-order valence-corrected chi connectivity index (χ2v) is 6.05. The summed E-state index contributed by atoms with van der Waals surface area (Å²) in [7, 11) is 2.09. The third-order valence-electron chi connectivity index (χ3n) is 5.11. The van der Waals surface area contributed by atoms with Crippen LogP contribution in [0.4, 0.5) is 0 Å². The lowest BCUT2D eigenvalue weighted by Gasteiger charge is -2.45. The number of nitrogens with zero attached hydrogens (tertiary/aromatic N) is 2. The van der Waals surface area contributed by atoms with Gasteiger partial charge in [0.15, 0.2) is 0 Å². The predicted octanol–water partition coefficient (Wildman–Crippen LogP) is 2.16. The van der Waals surface area contributed by atoms with E-state index < -0.39 is 11.0 Å². The normalized spacial score (nSPS) is 37.9. The van der Waals surface area contributed by atoms with Gasteiger partial charge in [0.25, 0.3) is 0 Å². The van der Waals surface area contributed by atoms with Gasteiger partial charge in [0.05, 0.1) is 17.1 Å². The molecular formula is C14H24N2O. The second kappa shape index (κ2) is 4.59. The first-order valence-electron chi connectivity index (χ1n) is 6.87. The molecule has 1 aliphatic carbocycles. The number of nitriles is 1. The summed E-state index contributed by atoms with van der Waals surface area (Å²) in [6.07, 6.45) is 5.56. The lowest BCUT2D eigenvalue weighted by molar-refractivity contribution is -0.0930. The number of likely N-dealkylation sites (tertiary alicyclic amines) is 1. The van der Waals surface area contributed by atoms with Gasteiger partial charge in [-0.15, -0.1) is 0 Å². The van der Waals surface area contributed by atoms with Crippen molar-refractivity contribution in [3.63, 3.8) is 0 Å². The summed E-state index contributed by atoms with van der Waals surface area (Å²) in [6.45, 7) is 4.02. The third kappa shape index (κ3) is 2.09. The minimum absolute atomic E-state index is 0.463. The van der Waals surface area contributed by atoms with Gasteiger partial charge >= 0.3 is 0 Å². The zero-order valence-corrected chi connectivity index (χ0v) is 11.1. The van der Waals surface area contributed by atoms with Crippen LogP contribution in [-0.4, -0.2) is 35.7 Å². The highest BCUT2D eigenvalue weighted by Crippen LogP contribution is 2.52. The molecule has 0 radical (unpaired) electrons. The summed E-state index contributed by atoms with van der Waals surface area (Å²) < 4.78 is 0. The van der Waals surface area contributed by atoms with Crippen LogP contribution in [-0.2, 0) is 0 Å². The summed E-state index contributed by atoms with van der Waals surface area (Å²) in [4.78, 5) is 2.24. The van der Waals surface area contributed by atoms with E-state index >= 15 is 0 Å². The van der Waals surface area contributed by atoms with Crippen LogP contribution < -0.4 is 0 Å². The minimum atomic E-state index is -0.738. The molecule has 17 heavy (non-hydrogen) atoms. The quantitative estimate of drug-likeness (QED) is 0.799. The van der Waals surface area contributed by atoms with E-state index in [2.05, 4.69) is 24.9 Å². The number of aliphatic hydroxyl groups is 1. The van der Waals surface area contributed by atoms with Crippen LogP contribution in [0.15, 0.2) is 0 Å². The first kappa shape index (κ1) is 12.9. The Balaban J connectivity index is 2.16. The molecule has 2 rings (SSSR count). The fraction of sp³-hybridized carbons (Fsp3) is 0.929. The highest BCUT2D eigenvalue weighted by molar-refractivity contribution is 5.15. The molecule has 3 heteroatoms. The molecule has 0 aromatic heterocycles. The standard InChI is InChI=1S/C14H24N2O/c1-3-12-4-5-13(10-12,11-15)14(17)6-8-16(2)9-7-14/h12,17H,3-10H2,1-2H3. The van der Waals surface area contributed by atoms with E-state index in [-0.39, 0.29) is 0 Å². The maximum atomic E-state index is 10.9. The molecule has 1 N–H and O–H groups in total. The van der Waals surface area contributed by atoms with Crippen molar-refractivity contribution in [2.75, 3.05) is 20.1 Å². The van der Waals surface area contributed by atoms with Gasteiger partial charge in [0.1, 0.15) is 0 Å². The van der Waals surface area contributed by atoms with Crippen molar-refractivity contribution in [1.29, 1.82) is 5.26 Å². The number of piperidine rings is 1. The maximum absolute atomic E-state index is 10.9. The lowest BCUT2D eigenvalue weighted by Crippen LogP contribution is -2.53. The van der Waals surface area contributed by atoms with Gasteiger partial charge in [-0.05, 0) is 45.1 Å². The predicted molar refractivity (Wildman–Crippen MR) is 67.4 cm³/mol. The van der Waals surface area contributed by atoms with Crippen molar-refractivity contribution in [3.8, 4) is 6.07 Å². The van der Waals surface area contributed by atoms with Crippen molar-refractivity contribution < 1.29 is 5.11 Å². The largest absolute Gasteiger partial charge is 0.388 e. The van der Waals surface area contributed by atoms with E-state index in [9.17, 15) is 10.4 Å². The van der Waals surface area contributed by atoms with E-state index in [1.807, 2.05) is 0 Å². The molecule has 1 saturated carbocycles. The van der Waals surface area contributed by atoms with Crippen molar-refractivity contribution in [1.82, 2.24) is 4.90 Å². The van der Waals surface area contributed by atoms with E-state index in [1.54, 1.807) is 0 Å². The summed E-state index contributed by atoms with van der Waals surface area (Å²) >= 11 is 0. The zero-order valence-electron chi connectivity index (χ0n) is 11.1. The Hall–Kier alpha value is -0.590. The maximum Gasteiger partial charge on any atom is 0.0864 e. The van der Waals surface area contributed by atoms with Crippen LogP contribution in [0.5, 0.6) is 0 Å². The SMILES string of the molecule is CCC1CCC(C#N)(C2(O)CCN(C)CC2)C1. The van der Waals surface area contributed by atoms with Crippen molar-refractivity contribution >= 4 is 0 Å². The highest BCUT2D eigenvalue weighted by Gasteiger charge is 2.54. The molecular weight excluding hydrogens is 212 g/mol.